The van der Waals surface area contributed by atoms with Crippen LogP contribution in [0.4, 0.5) is 0 Å². The zero-order valence-corrected chi connectivity index (χ0v) is 24.9. The van der Waals surface area contributed by atoms with Crippen LogP contribution in [-0.4, -0.2) is 55.5 Å². The molecule has 2 saturated heterocycles. The summed E-state index contributed by atoms with van der Waals surface area (Å²) in [5, 5.41) is 0.649. The summed E-state index contributed by atoms with van der Waals surface area (Å²) < 4.78 is 27.0. The van der Waals surface area contributed by atoms with Crippen molar-refractivity contribution in [3.8, 4) is 0 Å². The van der Waals surface area contributed by atoms with E-state index >= 15 is 0 Å². The van der Waals surface area contributed by atoms with Crippen LogP contribution < -0.4 is 11.0 Å². The van der Waals surface area contributed by atoms with Crippen molar-refractivity contribution in [1.29, 1.82) is 0 Å². The van der Waals surface area contributed by atoms with Crippen LogP contribution >= 0.6 is 0 Å². The molecule has 0 aliphatic carbocycles. The fourth-order valence-electron chi connectivity index (χ4n) is 4.71. The summed E-state index contributed by atoms with van der Waals surface area (Å²) in [6.07, 6.45) is 2.22. The molecule has 2 fully saturated rings. The van der Waals surface area contributed by atoms with E-state index in [4.69, 9.17) is 23.5 Å². The molecule has 0 unspecified atom stereocenters. The lowest BCUT2D eigenvalue weighted by Crippen LogP contribution is -2.50. The lowest BCUT2D eigenvalue weighted by Gasteiger charge is -2.43. The van der Waals surface area contributed by atoms with Crippen LogP contribution in [0, 0.1) is 13.8 Å². The highest BCUT2D eigenvalue weighted by Crippen LogP contribution is 2.40. The number of benzene rings is 1. The Hall–Kier alpha value is -1.52. The van der Waals surface area contributed by atoms with E-state index in [9.17, 15) is 4.79 Å². The van der Waals surface area contributed by atoms with Gasteiger partial charge in [0.1, 0.15) is 0 Å². The second kappa shape index (κ2) is 9.05. The van der Waals surface area contributed by atoms with Crippen molar-refractivity contribution in [3.63, 3.8) is 0 Å². The van der Waals surface area contributed by atoms with Gasteiger partial charge in [0, 0.05) is 6.61 Å². The van der Waals surface area contributed by atoms with E-state index in [2.05, 4.69) is 33.9 Å². The average molecular weight is 515 g/mol. The molecule has 1 aromatic carbocycles. The van der Waals surface area contributed by atoms with Gasteiger partial charge in [0.2, 0.25) is 0 Å². The highest BCUT2D eigenvalue weighted by molar-refractivity contribution is 6.74. The standard InChI is InChI=1S/C27H43BN2O5Si/c1-17-18(2)23-19(14-20(17)28-34-26(6,7)27(8,9)35-28)24(31)30(16-29-23)21-12-13-32-15-22(21)33-36(10,11)25(3,4)5/h14,16,21-22H,12-13,15H2,1-11H3/t21-,22-/m0/s1. The van der Waals surface area contributed by atoms with Crippen molar-refractivity contribution in [2.24, 2.45) is 0 Å². The number of hydrogen-bond acceptors (Lipinski definition) is 6. The summed E-state index contributed by atoms with van der Waals surface area (Å²) in [7, 11) is -2.60. The van der Waals surface area contributed by atoms with Crippen molar-refractivity contribution in [2.75, 3.05) is 13.2 Å². The van der Waals surface area contributed by atoms with Crippen LogP contribution in [-0.2, 0) is 18.5 Å². The predicted molar refractivity (Wildman–Crippen MR) is 148 cm³/mol. The van der Waals surface area contributed by atoms with Crippen LogP contribution in [0.25, 0.3) is 10.9 Å². The highest BCUT2D eigenvalue weighted by atomic mass is 28.4. The van der Waals surface area contributed by atoms with E-state index in [0.717, 1.165) is 22.1 Å². The molecular formula is C27H43BN2O5Si. The molecule has 2 aliphatic heterocycles. The first-order valence-corrected chi connectivity index (χ1v) is 16.0. The monoisotopic (exact) mass is 514 g/mol. The van der Waals surface area contributed by atoms with Crippen LogP contribution in [0.15, 0.2) is 17.2 Å². The van der Waals surface area contributed by atoms with Crippen molar-refractivity contribution >= 4 is 31.8 Å². The van der Waals surface area contributed by atoms with Crippen molar-refractivity contribution in [3.05, 3.63) is 33.9 Å². The quantitative estimate of drug-likeness (QED) is 0.553. The minimum Gasteiger partial charge on any atom is -0.409 e. The molecule has 7 nitrogen and oxygen atoms in total. The van der Waals surface area contributed by atoms with Gasteiger partial charge in [0.15, 0.2) is 8.32 Å². The summed E-state index contributed by atoms with van der Waals surface area (Å²) in [6.45, 7) is 24.5. The Kier molecular flexibility index (Phi) is 6.92. The predicted octanol–water partition coefficient (Wildman–Crippen LogP) is 4.66. The van der Waals surface area contributed by atoms with E-state index in [1.807, 2.05) is 47.6 Å². The van der Waals surface area contributed by atoms with E-state index in [0.29, 0.717) is 25.0 Å². The molecule has 9 heteroatoms. The van der Waals surface area contributed by atoms with Crippen LogP contribution in [0.2, 0.25) is 18.1 Å². The normalized spacial score (nSPS) is 24.5. The van der Waals surface area contributed by atoms with Crippen LogP contribution in [0.3, 0.4) is 0 Å². The summed E-state index contributed by atoms with van der Waals surface area (Å²) in [4.78, 5) is 18.8. The third-order valence-corrected chi connectivity index (χ3v) is 13.6. The second-order valence-electron chi connectivity index (χ2n) is 13.0. The first-order valence-electron chi connectivity index (χ1n) is 13.1. The fourth-order valence-corrected chi connectivity index (χ4v) is 6.04. The summed E-state index contributed by atoms with van der Waals surface area (Å²) in [6, 6.07) is 1.80. The Morgan fingerprint density at radius 1 is 1.11 bits per heavy atom. The second-order valence-corrected chi connectivity index (χ2v) is 17.8. The Balaban J connectivity index is 1.78. The molecule has 2 aliphatic rings. The van der Waals surface area contributed by atoms with Gasteiger partial charge in [0.25, 0.3) is 5.56 Å². The molecule has 0 radical (unpaired) electrons. The molecule has 4 rings (SSSR count). The summed E-state index contributed by atoms with van der Waals surface area (Å²) in [5.41, 5.74) is 2.64. The summed E-state index contributed by atoms with van der Waals surface area (Å²) in [5.74, 6) is 0. The van der Waals surface area contributed by atoms with E-state index < -0.39 is 26.6 Å². The lowest BCUT2D eigenvalue weighted by atomic mass is 9.74. The fraction of sp³-hybridized carbons (Fsp3) is 0.704. The number of aryl methyl sites for hydroxylation is 1. The Labute approximate surface area is 217 Å². The Bertz CT molecular complexity index is 1200. The number of ether oxygens (including phenoxy) is 1. The molecule has 2 aromatic rings. The Morgan fingerprint density at radius 3 is 2.31 bits per heavy atom. The van der Waals surface area contributed by atoms with E-state index in [1.54, 1.807) is 10.9 Å². The van der Waals surface area contributed by atoms with Gasteiger partial charge in [-0.25, -0.2) is 4.98 Å². The first kappa shape index (κ1) is 27.5. The molecule has 0 spiro atoms. The third-order valence-electron chi connectivity index (χ3n) is 9.07. The maximum Gasteiger partial charge on any atom is 0.495 e. The van der Waals surface area contributed by atoms with Crippen LogP contribution in [0.5, 0.6) is 0 Å². The van der Waals surface area contributed by atoms with Crippen LogP contribution in [0.1, 0.15) is 72.1 Å². The van der Waals surface area contributed by atoms with Crippen molar-refractivity contribution in [2.45, 2.75) is 110 Å². The van der Waals surface area contributed by atoms with Gasteiger partial charge in [-0.15, -0.1) is 0 Å². The molecule has 2 atom stereocenters. The minimum absolute atomic E-state index is 0.0587. The third kappa shape index (κ3) is 4.62. The number of fused-ring (bicyclic) bond motifs is 1. The molecule has 3 heterocycles. The molecular weight excluding hydrogens is 471 g/mol. The largest absolute Gasteiger partial charge is 0.495 e. The summed E-state index contributed by atoms with van der Waals surface area (Å²) >= 11 is 0. The first-order chi connectivity index (χ1) is 16.5. The molecule has 0 saturated carbocycles. The SMILES string of the molecule is Cc1c(B2OC(C)(C)C(C)(C)O2)cc2c(=O)n([C@H]3CCOC[C@@H]3O[Si](C)(C)C(C)(C)C)cnc2c1C. The molecule has 0 bridgehead atoms. The lowest BCUT2D eigenvalue weighted by molar-refractivity contribution is -0.0327. The van der Waals surface area contributed by atoms with Gasteiger partial charge in [-0.05, 0) is 88.8 Å². The molecule has 0 amide bonds. The van der Waals surface area contributed by atoms with Gasteiger partial charge < -0.3 is 18.5 Å². The Morgan fingerprint density at radius 2 is 1.72 bits per heavy atom. The number of nitrogens with zero attached hydrogens (tertiary/aromatic N) is 2. The van der Waals surface area contributed by atoms with E-state index in [-0.39, 0.29) is 22.7 Å². The maximum absolute atomic E-state index is 14.0. The van der Waals surface area contributed by atoms with Gasteiger partial charge in [-0.3, -0.25) is 9.36 Å². The number of rotatable bonds is 4. The molecule has 1 aromatic heterocycles. The molecule has 198 valence electrons. The van der Waals surface area contributed by atoms with Gasteiger partial charge in [-0.1, -0.05) is 20.8 Å². The minimum atomic E-state index is -2.06. The zero-order chi connectivity index (χ0) is 26.8. The molecule has 0 N–H and O–H groups in total. The maximum atomic E-state index is 14.0. The van der Waals surface area contributed by atoms with Crippen molar-refractivity contribution in [1.82, 2.24) is 9.55 Å². The number of hydrogen-bond donors (Lipinski definition) is 0. The number of aromatic nitrogens is 2. The average Bonchev–Trinajstić information content (AvgIpc) is 2.97. The van der Waals surface area contributed by atoms with Gasteiger partial charge in [0.05, 0.1) is 47.2 Å². The van der Waals surface area contributed by atoms with E-state index in [1.165, 1.54) is 0 Å². The smallest absolute Gasteiger partial charge is 0.409 e. The molecule has 36 heavy (non-hydrogen) atoms. The van der Waals surface area contributed by atoms with Gasteiger partial charge in [-0.2, -0.15) is 0 Å². The van der Waals surface area contributed by atoms with Crippen molar-refractivity contribution < 1.29 is 18.5 Å². The van der Waals surface area contributed by atoms with Gasteiger partial charge >= 0.3 is 7.12 Å². The zero-order valence-electron chi connectivity index (χ0n) is 23.9. The highest BCUT2D eigenvalue weighted by Gasteiger charge is 2.52. The topological polar surface area (TPSA) is 71.8 Å².